The molecule has 0 aromatic rings. The molecular weight excluding hydrogens is 435 g/mol. The first-order valence-electron chi connectivity index (χ1n) is 6.74. The molecule has 0 heterocycles. The summed E-state index contributed by atoms with van der Waals surface area (Å²) in [7, 11) is 0. The number of aliphatic carboxylic acids is 2. The molecule has 5 unspecified atom stereocenters. The number of nitrogens with zero attached hydrogens (tertiary/aromatic N) is 1. The fraction of sp³-hybridized carbons (Fsp3) is 0.750. The summed E-state index contributed by atoms with van der Waals surface area (Å²) in [6.45, 7) is -1.56. The average molecular weight is 453 g/mol. The van der Waals surface area contributed by atoms with Crippen molar-refractivity contribution in [1.29, 1.82) is 0 Å². The number of carbonyl (C=O) groups is 2. The summed E-state index contributed by atoms with van der Waals surface area (Å²) >= 11 is 9.36. The van der Waals surface area contributed by atoms with Gasteiger partial charge in [0.2, 0.25) is 0 Å². The standard InChI is InChI=1S/C12H21NO9S2.3Na/c14-4-7(16)10(20)9(19)6(15)3-13(12(23)24)5(11(21)22)1-2-8(17)18;;;/h5-7,9-10,14-16,19-20H,1-4H2,(H,17,18)(H,21,22)(H,23,24);;;/q;3*+1/p-3. The maximum Gasteiger partial charge on any atom is 1.00 e. The van der Waals surface area contributed by atoms with Crippen LogP contribution in [0.1, 0.15) is 12.8 Å². The van der Waals surface area contributed by atoms with Crippen molar-refractivity contribution in [2.75, 3.05) is 13.2 Å². The van der Waals surface area contributed by atoms with Crippen molar-refractivity contribution in [3.05, 3.63) is 0 Å². The topological polar surface area (TPSA) is 185 Å². The predicted octanol–water partition coefficient (Wildman–Crippen LogP) is -14.8. The zero-order valence-corrected chi connectivity index (χ0v) is 23.0. The minimum atomic E-state index is -1.96. The van der Waals surface area contributed by atoms with E-state index in [1.165, 1.54) is 0 Å². The van der Waals surface area contributed by atoms with E-state index in [0.717, 1.165) is 4.90 Å². The second kappa shape index (κ2) is 18.6. The smallest absolute Gasteiger partial charge is 0.550 e. The Morgan fingerprint density at radius 3 is 1.78 bits per heavy atom. The van der Waals surface area contributed by atoms with Crippen LogP contribution in [0, 0.1) is 0 Å². The Morgan fingerprint density at radius 1 is 1.00 bits per heavy atom. The van der Waals surface area contributed by atoms with Crippen LogP contribution < -0.4 is 98.9 Å². The van der Waals surface area contributed by atoms with Crippen LogP contribution in [-0.4, -0.2) is 90.3 Å². The van der Waals surface area contributed by atoms with E-state index in [4.69, 9.17) is 5.11 Å². The van der Waals surface area contributed by atoms with Gasteiger partial charge in [-0.3, -0.25) is 0 Å². The van der Waals surface area contributed by atoms with E-state index >= 15 is 0 Å². The Labute approximate surface area is 233 Å². The second-order valence-electron chi connectivity index (χ2n) is 4.96. The van der Waals surface area contributed by atoms with Gasteiger partial charge in [0.05, 0.1) is 24.7 Å². The maximum atomic E-state index is 11.2. The molecule has 0 aliphatic heterocycles. The van der Waals surface area contributed by atoms with E-state index in [1.807, 2.05) is 0 Å². The number of hydrogen-bond donors (Lipinski definition) is 5. The normalized spacial score (nSPS) is 15.4. The summed E-state index contributed by atoms with van der Waals surface area (Å²) in [5.74, 6) is -3.22. The molecule has 15 heteroatoms. The fourth-order valence-corrected chi connectivity index (χ4v) is 2.26. The molecule has 0 radical (unpaired) electrons. The Kier molecular flexibility index (Phi) is 25.0. The summed E-state index contributed by atoms with van der Waals surface area (Å²) in [5.41, 5.74) is 0. The number of carboxylic acids is 2. The van der Waals surface area contributed by atoms with Crippen molar-refractivity contribution < 1.29 is 134 Å². The summed E-state index contributed by atoms with van der Waals surface area (Å²) < 4.78 is -0.439. The van der Waals surface area contributed by atoms with Crippen LogP contribution in [0.3, 0.4) is 0 Å². The van der Waals surface area contributed by atoms with Gasteiger partial charge in [0.1, 0.15) is 18.3 Å². The second-order valence-corrected chi connectivity index (χ2v) is 5.99. The van der Waals surface area contributed by atoms with Gasteiger partial charge in [-0.1, -0.05) is 4.32 Å². The minimum absolute atomic E-state index is 0. The van der Waals surface area contributed by atoms with Gasteiger partial charge in [-0.2, -0.15) is 0 Å². The number of hydrogen-bond acceptors (Lipinski definition) is 11. The van der Waals surface area contributed by atoms with Crippen LogP contribution in [-0.2, 0) is 22.2 Å². The van der Waals surface area contributed by atoms with E-state index in [1.54, 1.807) is 0 Å². The molecule has 5 N–H and O–H groups in total. The van der Waals surface area contributed by atoms with Gasteiger partial charge >= 0.3 is 88.7 Å². The SMILES string of the molecule is O=C([O-])CCC(C(=O)[O-])N(CC(O)C(O)C(O)C(O)CO)C(=S)[S-].[Na+].[Na+].[Na+]. The third-order valence-electron chi connectivity index (χ3n) is 3.21. The first kappa shape index (κ1) is 36.2. The molecule has 0 fully saturated rings. The Bertz CT molecular complexity index is 464. The predicted molar refractivity (Wildman–Crippen MR) is 80.8 cm³/mol. The Hall–Kier alpha value is 1.85. The van der Waals surface area contributed by atoms with Crippen molar-refractivity contribution in [3.63, 3.8) is 0 Å². The number of carbonyl (C=O) groups excluding carboxylic acids is 2. The van der Waals surface area contributed by atoms with Crippen LogP contribution in [0.25, 0.3) is 0 Å². The minimum Gasteiger partial charge on any atom is -0.550 e. The largest absolute Gasteiger partial charge is 1.00 e. The van der Waals surface area contributed by atoms with Crippen molar-refractivity contribution in [2.45, 2.75) is 43.3 Å². The van der Waals surface area contributed by atoms with Crippen molar-refractivity contribution in [1.82, 2.24) is 4.90 Å². The van der Waals surface area contributed by atoms with Crippen LogP contribution >= 0.6 is 12.2 Å². The molecule has 0 bridgehead atoms. The molecule has 0 spiro atoms. The molecule has 0 aromatic carbocycles. The van der Waals surface area contributed by atoms with E-state index in [-0.39, 0.29) is 88.7 Å². The van der Waals surface area contributed by atoms with Gasteiger partial charge in [0.15, 0.2) is 0 Å². The first-order valence-corrected chi connectivity index (χ1v) is 7.56. The number of aliphatic hydroxyl groups excluding tert-OH is 5. The zero-order chi connectivity index (χ0) is 19.0. The van der Waals surface area contributed by atoms with E-state index < -0.39 is 72.7 Å². The summed E-state index contributed by atoms with van der Waals surface area (Å²) in [4.78, 5) is 22.4. The molecule has 0 amide bonds. The van der Waals surface area contributed by atoms with Crippen LogP contribution in [0.5, 0.6) is 0 Å². The van der Waals surface area contributed by atoms with E-state index in [0.29, 0.717) is 0 Å². The fourth-order valence-electron chi connectivity index (χ4n) is 1.86. The van der Waals surface area contributed by atoms with E-state index in [2.05, 4.69) is 24.8 Å². The molecule has 10 nitrogen and oxygen atoms in total. The first-order chi connectivity index (χ1) is 11.0. The van der Waals surface area contributed by atoms with Gasteiger partial charge in [-0.15, -0.1) is 0 Å². The van der Waals surface area contributed by atoms with Gasteiger partial charge in [0.25, 0.3) is 0 Å². The molecule has 0 rings (SSSR count). The monoisotopic (exact) mass is 453 g/mol. The molecule has 5 atom stereocenters. The number of rotatable bonds is 11. The number of aliphatic hydroxyl groups is 5. The summed E-state index contributed by atoms with van der Waals surface area (Å²) in [6, 6.07) is -1.60. The van der Waals surface area contributed by atoms with Gasteiger partial charge < -0.3 is 75.1 Å². The van der Waals surface area contributed by atoms with Crippen LogP contribution in [0.4, 0.5) is 0 Å². The van der Waals surface area contributed by atoms with Crippen LogP contribution in [0.15, 0.2) is 0 Å². The van der Waals surface area contributed by atoms with Crippen molar-refractivity contribution in [3.8, 4) is 0 Å². The Balaban J connectivity index is -0.000000882. The summed E-state index contributed by atoms with van der Waals surface area (Å²) in [5, 5.41) is 68.6. The van der Waals surface area contributed by atoms with Crippen molar-refractivity contribution in [2.24, 2.45) is 0 Å². The Morgan fingerprint density at radius 2 is 1.44 bits per heavy atom. The molecule has 0 aromatic heterocycles. The molecule has 27 heavy (non-hydrogen) atoms. The molecular formula is C12H18NNa3O9S2. The van der Waals surface area contributed by atoms with Crippen molar-refractivity contribution >= 4 is 41.1 Å². The van der Waals surface area contributed by atoms with Gasteiger partial charge in [-0.05, 0) is 12.8 Å². The third-order valence-corrected chi connectivity index (χ3v) is 3.68. The number of thiocarbonyl (C=S) groups is 1. The molecule has 0 aliphatic rings. The van der Waals surface area contributed by atoms with Crippen LogP contribution in [0.2, 0.25) is 0 Å². The zero-order valence-electron chi connectivity index (χ0n) is 15.3. The quantitative estimate of drug-likeness (QED) is 0.113. The average Bonchev–Trinajstić information content (AvgIpc) is 2.50. The van der Waals surface area contributed by atoms with Gasteiger partial charge in [-0.25, -0.2) is 0 Å². The number of carboxylic acid groups (broad SMARTS) is 2. The molecule has 140 valence electrons. The van der Waals surface area contributed by atoms with Gasteiger partial charge in [0, 0.05) is 12.5 Å². The summed E-state index contributed by atoms with van der Waals surface area (Å²) in [6.07, 6.45) is -8.55. The molecule has 0 saturated carbocycles. The van der Waals surface area contributed by atoms with E-state index in [9.17, 15) is 40.2 Å². The molecule has 0 aliphatic carbocycles. The molecule has 0 saturated heterocycles. The third kappa shape index (κ3) is 13.7. The maximum absolute atomic E-state index is 11.2.